The molecule has 1 aliphatic carbocycles. The lowest BCUT2D eigenvalue weighted by Crippen LogP contribution is -2.29. The molecule has 0 N–H and O–H groups in total. The fourth-order valence-electron chi connectivity index (χ4n) is 2.26. The monoisotopic (exact) mass is 322 g/mol. The van der Waals surface area contributed by atoms with Crippen molar-refractivity contribution in [1.29, 1.82) is 0 Å². The van der Waals surface area contributed by atoms with Crippen LogP contribution in [0.1, 0.15) is 35.4 Å². The van der Waals surface area contributed by atoms with Gasteiger partial charge in [0, 0.05) is 18.4 Å². The first-order valence-corrected chi connectivity index (χ1v) is 8.12. The summed E-state index contributed by atoms with van der Waals surface area (Å²) in [4.78, 5) is 12.6. The highest BCUT2D eigenvalue weighted by molar-refractivity contribution is 7.99. The number of carbonyl (C=O) groups is 1. The van der Waals surface area contributed by atoms with Crippen LogP contribution in [0.25, 0.3) is 0 Å². The van der Waals surface area contributed by atoms with E-state index in [1.165, 1.54) is 6.07 Å². The van der Waals surface area contributed by atoms with Crippen molar-refractivity contribution in [3.8, 4) is 0 Å². The van der Waals surface area contributed by atoms with Gasteiger partial charge < -0.3 is 9.47 Å². The van der Waals surface area contributed by atoms with E-state index in [4.69, 9.17) is 9.47 Å². The maximum atomic E-state index is 12.4. The van der Waals surface area contributed by atoms with E-state index in [-0.39, 0.29) is 22.0 Å². The molecule has 2 atom stereocenters. The summed E-state index contributed by atoms with van der Waals surface area (Å²) in [5.41, 5.74) is 0. The molecule has 1 aromatic rings. The SMILES string of the molecule is COC1CCCC(OC(=O)c2sccc2SC(F)F)C1. The average Bonchev–Trinajstić information content (AvgIpc) is 2.86. The van der Waals surface area contributed by atoms with Crippen molar-refractivity contribution in [3.63, 3.8) is 0 Å². The van der Waals surface area contributed by atoms with Crippen molar-refractivity contribution in [2.45, 2.75) is 48.5 Å². The Morgan fingerprint density at radius 1 is 1.45 bits per heavy atom. The van der Waals surface area contributed by atoms with Gasteiger partial charge in [-0.2, -0.15) is 8.78 Å². The first-order chi connectivity index (χ1) is 9.60. The Bertz CT molecular complexity index is 451. The number of thioether (sulfide) groups is 1. The highest BCUT2D eigenvalue weighted by Gasteiger charge is 2.27. The van der Waals surface area contributed by atoms with Gasteiger partial charge in [-0.05, 0) is 30.7 Å². The van der Waals surface area contributed by atoms with Crippen molar-refractivity contribution in [2.75, 3.05) is 7.11 Å². The van der Waals surface area contributed by atoms with Crippen molar-refractivity contribution >= 4 is 29.1 Å². The Hall–Kier alpha value is -0.660. The normalized spacial score (nSPS) is 23.0. The average molecular weight is 322 g/mol. The third kappa shape index (κ3) is 4.17. The Morgan fingerprint density at radius 2 is 2.20 bits per heavy atom. The second-order valence-corrected chi connectivity index (χ2v) is 6.49. The molecule has 2 unspecified atom stereocenters. The molecule has 0 amide bonds. The minimum Gasteiger partial charge on any atom is -0.458 e. The van der Waals surface area contributed by atoms with E-state index < -0.39 is 11.7 Å². The van der Waals surface area contributed by atoms with Crippen molar-refractivity contribution < 1.29 is 23.0 Å². The van der Waals surface area contributed by atoms with Crippen molar-refractivity contribution in [2.24, 2.45) is 0 Å². The second-order valence-electron chi connectivity index (χ2n) is 4.54. The van der Waals surface area contributed by atoms with Crippen LogP contribution in [0.3, 0.4) is 0 Å². The molecule has 3 nitrogen and oxygen atoms in total. The van der Waals surface area contributed by atoms with Gasteiger partial charge in [-0.15, -0.1) is 11.3 Å². The molecule has 0 aromatic carbocycles. The summed E-state index contributed by atoms with van der Waals surface area (Å²) in [6, 6.07) is 1.52. The standard InChI is InChI=1S/C13H16F2O3S2/c1-17-8-3-2-4-9(7-8)18-12(16)11-10(5-6-19-11)20-13(14)15/h5-6,8-9,13H,2-4,7H2,1H3. The van der Waals surface area contributed by atoms with Crippen LogP contribution in [-0.4, -0.2) is 31.0 Å². The minimum atomic E-state index is -2.54. The Morgan fingerprint density at radius 3 is 2.90 bits per heavy atom. The van der Waals surface area contributed by atoms with E-state index in [0.717, 1.165) is 30.6 Å². The molecule has 7 heteroatoms. The number of alkyl halides is 2. The predicted octanol–water partition coefficient (Wildman–Crippen LogP) is 4.18. The summed E-state index contributed by atoms with van der Waals surface area (Å²) in [5.74, 6) is -3.05. The molecule has 1 aromatic heterocycles. The second kappa shape index (κ2) is 7.38. The molecule has 0 radical (unpaired) electrons. The summed E-state index contributed by atoms with van der Waals surface area (Å²) in [5, 5.41) is 1.63. The molecule has 112 valence electrons. The van der Waals surface area contributed by atoms with Crippen LogP contribution in [0.4, 0.5) is 8.78 Å². The number of halogens is 2. The molecule has 1 aliphatic rings. The molecular formula is C13H16F2O3S2. The quantitative estimate of drug-likeness (QED) is 0.602. The summed E-state index contributed by atoms with van der Waals surface area (Å²) < 4.78 is 35.5. The number of hydrogen-bond acceptors (Lipinski definition) is 5. The topological polar surface area (TPSA) is 35.5 Å². The van der Waals surface area contributed by atoms with Gasteiger partial charge in [0.05, 0.1) is 6.10 Å². The van der Waals surface area contributed by atoms with E-state index in [2.05, 4.69) is 0 Å². The molecule has 1 fully saturated rings. The van der Waals surface area contributed by atoms with Crippen molar-refractivity contribution in [1.82, 2.24) is 0 Å². The van der Waals surface area contributed by atoms with Gasteiger partial charge in [-0.1, -0.05) is 11.8 Å². The fourth-order valence-corrected chi connectivity index (χ4v) is 3.84. The lowest BCUT2D eigenvalue weighted by molar-refractivity contribution is -0.0148. The first-order valence-electron chi connectivity index (χ1n) is 6.36. The third-order valence-corrected chi connectivity index (χ3v) is 5.01. The highest BCUT2D eigenvalue weighted by atomic mass is 32.2. The Kier molecular flexibility index (Phi) is 5.80. The van der Waals surface area contributed by atoms with E-state index in [1.54, 1.807) is 12.5 Å². The number of thiophene rings is 1. The molecule has 0 spiro atoms. The van der Waals surface area contributed by atoms with Gasteiger partial charge in [0.25, 0.3) is 5.76 Å². The Labute approximate surface area is 124 Å². The predicted molar refractivity (Wildman–Crippen MR) is 74.6 cm³/mol. The van der Waals surface area contributed by atoms with E-state index in [9.17, 15) is 13.6 Å². The molecule has 0 bridgehead atoms. The summed E-state index contributed by atoms with van der Waals surface area (Å²) in [6.45, 7) is 0. The number of hydrogen-bond donors (Lipinski definition) is 0. The number of methoxy groups -OCH3 is 1. The van der Waals surface area contributed by atoms with Gasteiger partial charge in [-0.3, -0.25) is 0 Å². The maximum absolute atomic E-state index is 12.4. The lowest BCUT2D eigenvalue weighted by atomic mass is 9.95. The highest BCUT2D eigenvalue weighted by Crippen LogP contribution is 2.33. The van der Waals surface area contributed by atoms with Gasteiger partial charge in [0.2, 0.25) is 0 Å². The number of esters is 1. The van der Waals surface area contributed by atoms with Gasteiger partial charge >= 0.3 is 5.97 Å². The van der Waals surface area contributed by atoms with Crippen LogP contribution >= 0.6 is 23.1 Å². The molecule has 1 saturated carbocycles. The van der Waals surface area contributed by atoms with E-state index in [1.807, 2.05) is 0 Å². The lowest BCUT2D eigenvalue weighted by Gasteiger charge is -2.27. The summed E-state index contributed by atoms with van der Waals surface area (Å²) >= 11 is 1.51. The zero-order chi connectivity index (χ0) is 14.5. The molecule has 0 saturated heterocycles. The van der Waals surface area contributed by atoms with E-state index >= 15 is 0 Å². The van der Waals surface area contributed by atoms with Crippen LogP contribution in [0.5, 0.6) is 0 Å². The fraction of sp³-hybridized carbons (Fsp3) is 0.615. The number of carbonyl (C=O) groups excluding carboxylic acids is 1. The molecule has 2 rings (SSSR count). The molecular weight excluding hydrogens is 306 g/mol. The number of ether oxygens (including phenoxy) is 2. The zero-order valence-electron chi connectivity index (χ0n) is 11.0. The van der Waals surface area contributed by atoms with Crippen LogP contribution < -0.4 is 0 Å². The smallest absolute Gasteiger partial charge is 0.349 e. The maximum Gasteiger partial charge on any atom is 0.349 e. The Balaban J connectivity index is 1.96. The summed E-state index contributed by atoms with van der Waals surface area (Å²) in [7, 11) is 1.64. The minimum absolute atomic E-state index is 0.111. The van der Waals surface area contributed by atoms with Crippen LogP contribution in [0.15, 0.2) is 16.3 Å². The summed E-state index contributed by atoms with van der Waals surface area (Å²) in [6.07, 6.45) is 3.31. The third-order valence-electron chi connectivity index (χ3n) is 3.22. The molecule has 20 heavy (non-hydrogen) atoms. The number of rotatable bonds is 5. The molecule has 1 heterocycles. The molecule has 0 aliphatic heterocycles. The van der Waals surface area contributed by atoms with Crippen LogP contribution in [0.2, 0.25) is 0 Å². The zero-order valence-corrected chi connectivity index (χ0v) is 12.6. The van der Waals surface area contributed by atoms with Crippen LogP contribution in [0, 0.1) is 0 Å². The largest absolute Gasteiger partial charge is 0.458 e. The van der Waals surface area contributed by atoms with Crippen molar-refractivity contribution in [3.05, 3.63) is 16.3 Å². The van der Waals surface area contributed by atoms with Crippen LogP contribution in [-0.2, 0) is 9.47 Å². The van der Waals surface area contributed by atoms with E-state index in [0.29, 0.717) is 18.2 Å². The van der Waals surface area contributed by atoms with Gasteiger partial charge in [0.1, 0.15) is 11.0 Å². The van der Waals surface area contributed by atoms with Gasteiger partial charge in [-0.25, -0.2) is 4.79 Å². The van der Waals surface area contributed by atoms with Gasteiger partial charge in [0.15, 0.2) is 0 Å². The first kappa shape index (κ1) is 15.7.